The molecule has 0 radical (unpaired) electrons. The lowest BCUT2D eigenvalue weighted by atomic mass is 10.1. The molecule has 101 heavy (non-hydrogen) atoms. The number of azo groups is 2. The molecule has 7 heterocycles. The summed E-state index contributed by atoms with van der Waals surface area (Å²) < 4.78 is 79.4. The predicted octanol–water partition coefficient (Wildman–Crippen LogP) is 13.1. The van der Waals surface area contributed by atoms with Gasteiger partial charge in [-0.25, -0.2) is 14.5 Å². The number of nitrogens with zero attached hydrogens (tertiary/aromatic N) is 17. The number of thioether (sulfide) groups is 1. The molecule has 2 saturated heterocycles. The molecule has 7 aromatic rings. The van der Waals surface area contributed by atoms with Crippen LogP contribution in [-0.2, 0) is 20.2 Å². The number of carbonyl (C=O) groups excluding carboxylic acids is 4. The van der Waals surface area contributed by atoms with Gasteiger partial charge in [0.2, 0.25) is 28.0 Å². The fourth-order valence-corrected chi connectivity index (χ4v) is 15.1. The zero-order valence-electron chi connectivity index (χ0n) is 55.7. The van der Waals surface area contributed by atoms with Crippen molar-refractivity contribution in [3.05, 3.63) is 116 Å². The third kappa shape index (κ3) is 15.2. The van der Waals surface area contributed by atoms with Crippen LogP contribution in [0.3, 0.4) is 0 Å². The highest BCUT2D eigenvalue weighted by Crippen LogP contribution is 2.46. The Morgan fingerprint density at radius 2 is 1.04 bits per heavy atom. The molecule has 36 heteroatoms. The molecular formula is C65H67N19O12S5. The van der Waals surface area contributed by atoms with Crippen molar-refractivity contribution in [3.63, 3.8) is 0 Å². The van der Waals surface area contributed by atoms with Gasteiger partial charge < -0.3 is 44.6 Å². The lowest BCUT2D eigenvalue weighted by molar-refractivity contribution is 0.0695. The third-order valence-corrected chi connectivity index (χ3v) is 20.9. The van der Waals surface area contributed by atoms with Crippen molar-refractivity contribution in [1.29, 1.82) is 5.26 Å². The minimum atomic E-state index is -4.74. The van der Waals surface area contributed by atoms with Crippen LogP contribution in [0.25, 0.3) is 17.0 Å². The Morgan fingerprint density at radius 3 is 1.45 bits per heavy atom. The largest absolute Gasteiger partial charge is 0.494 e. The number of piperidine rings is 2. The number of hydrogen-bond donors (Lipinski definition) is 4. The number of ether oxygens (including phenoxy) is 2. The van der Waals surface area contributed by atoms with Crippen LogP contribution in [0.4, 0.5) is 67.9 Å². The van der Waals surface area contributed by atoms with Crippen LogP contribution in [0.1, 0.15) is 124 Å². The van der Waals surface area contributed by atoms with Gasteiger partial charge in [0.05, 0.1) is 78.8 Å². The summed E-state index contributed by atoms with van der Waals surface area (Å²) in [5, 5.41) is 36.8. The van der Waals surface area contributed by atoms with E-state index in [1.54, 1.807) is 19.2 Å². The molecule has 31 nitrogen and oxygen atoms in total. The smallest absolute Gasteiger partial charge is 0.334 e. The molecule has 4 N–H and O–H groups in total. The van der Waals surface area contributed by atoms with Gasteiger partial charge in [-0.15, -0.1) is 20.5 Å². The molecule has 0 bridgehead atoms. The zero-order chi connectivity index (χ0) is 72.0. The van der Waals surface area contributed by atoms with E-state index in [4.69, 9.17) is 51.2 Å². The second kappa shape index (κ2) is 30.6. The first-order chi connectivity index (χ1) is 48.5. The van der Waals surface area contributed by atoms with Gasteiger partial charge in [0.25, 0.3) is 32.1 Å². The van der Waals surface area contributed by atoms with E-state index in [9.17, 15) is 50.4 Å². The number of anilines is 8. The number of nitrogens with one attached hydrogen (secondary N) is 2. The Kier molecular flexibility index (Phi) is 21.8. The summed E-state index contributed by atoms with van der Waals surface area (Å²) in [4.78, 5) is 92.3. The Morgan fingerprint density at radius 1 is 0.614 bits per heavy atom. The Balaban J connectivity index is 0.957. The molecule has 0 saturated carbocycles. The molecule has 11 rings (SSSR count). The van der Waals surface area contributed by atoms with Crippen LogP contribution >= 0.6 is 34.4 Å². The molecule has 524 valence electrons. The fourth-order valence-electron chi connectivity index (χ4n) is 11.8. The molecule has 0 spiro atoms. The number of benzene rings is 4. The van der Waals surface area contributed by atoms with Gasteiger partial charge in [-0.2, -0.15) is 51.9 Å². The van der Waals surface area contributed by atoms with E-state index in [0.717, 1.165) is 97.6 Å². The average Bonchev–Trinajstić information content (AvgIpc) is 1.61. The maximum atomic E-state index is 13.8. The number of aromatic nitrogens is 5. The molecule has 4 amide bonds. The second-order valence-corrected chi connectivity index (χ2v) is 28.8. The summed E-state index contributed by atoms with van der Waals surface area (Å²) in [6.07, 6.45) is 8.06. The van der Waals surface area contributed by atoms with Gasteiger partial charge in [0, 0.05) is 64.5 Å². The number of carbonyl (C=O) groups is 4. The van der Waals surface area contributed by atoms with Crippen molar-refractivity contribution in [2.45, 2.75) is 88.1 Å². The van der Waals surface area contributed by atoms with Crippen LogP contribution in [0.5, 0.6) is 11.5 Å². The highest BCUT2D eigenvalue weighted by Gasteiger charge is 2.44. The Bertz CT molecular complexity index is 4610. The average molecular weight is 1470 g/mol. The summed E-state index contributed by atoms with van der Waals surface area (Å²) >= 11 is 3.45. The van der Waals surface area contributed by atoms with Crippen LogP contribution in [-0.4, -0.2) is 157 Å². The summed E-state index contributed by atoms with van der Waals surface area (Å²) in [6, 6.07) is 15.1. The number of methoxy groups -OCH3 is 2. The van der Waals surface area contributed by atoms with Crippen molar-refractivity contribution >= 4 is 158 Å². The van der Waals surface area contributed by atoms with Gasteiger partial charge >= 0.3 is 11.8 Å². The zero-order valence-corrected chi connectivity index (χ0v) is 59.7. The SMILES string of the molecule is [C-]#[N+]/C(=C\c1sc(N=Nc2cc(OC)c(N(CC)CC)cc2Nc2nc(Nc3cc(N(CC)CC)c(OC)cc3N=Nc3nc(N4CCCCC4)c(/C=C(\C#N)N4C(=O)c5ccc(S(=O)(=O)O)cc5C4=O)s3)nc(SCC)n2)nc1N1CCCCC1)N1C(=O)c2ccc(S(=O)(=O)O)cc2C1=O. The van der Waals surface area contributed by atoms with Crippen molar-refractivity contribution in [1.82, 2.24) is 34.7 Å². The first kappa shape index (κ1) is 71.9. The molecule has 4 aromatic carbocycles. The number of allylic oxidation sites excluding steroid dienone is 1. The standard InChI is InChI=1S/C65H67N19O12S5/c1-9-79(10-2)48-31-44(46(33-50(48)95-7)75-77-64-70-55(81-24-16-14-17-25-81)52(98-64)28-37(36-66)83-57(85)40-22-20-38(100(89,90)91)29-42(40)59(83)87)68-61-72-62(74-63(73-61)97-13-5)69-45-32-49(80(11-3)12-4)51(96-8)34-47(45)76-78-65-71-56(82-26-18-15-19-27-82)53(99-65)35-54(67-6)84-58(86)41-23-21-39(101(92,93)94)30-43(41)60(84)88/h20-23,28-35H,9-19,24-27H2,1-5,7-8H3,(H,89,90,91)(H,92,93,94)(H2,68,69,72,73,74)/b37-28+,54-35+,77-75?,78-76?. The predicted molar refractivity (Wildman–Crippen MR) is 382 cm³/mol. The molecule has 4 aliphatic heterocycles. The van der Waals surface area contributed by atoms with Crippen molar-refractivity contribution in [2.75, 3.05) is 103 Å². The minimum absolute atomic E-state index is 0.0862. The highest BCUT2D eigenvalue weighted by atomic mass is 32.2. The van der Waals surface area contributed by atoms with Crippen LogP contribution < -0.4 is 39.7 Å². The van der Waals surface area contributed by atoms with Gasteiger partial charge in [0.15, 0.2) is 5.16 Å². The van der Waals surface area contributed by atoms with E-state index in [1.807, 2.05) is 62.6 Å². The van der Waals surface area contributed by atoms with Crippen LogP contribution in [0.15, 0.2) is 108 Å². The lowest BCUT2D eigenvalue weighted by Crippen LogP contribution is -2.30. The van der Waals surface area contributed by atoms with E-state index in [1.165, 1.54) is 31.0 Å². The summed E-state index contributed by atoms with van der Waals surface area (Å²) in [6.45, 7) is 23.0. The first-order valence-electron chi connectivity index (χ1n) is 32.0. The van der Waals surface area contributed by atoms with E-state index >= 15 is 0 Å². The number of rotatable bonds is 26. The van der Waals surface area contributed by atoms with E-state index in [2.05, 4.69) is 35.5 Å². The van der Waals surface area contributed by atoms with E-state index < -0.39 is 53.7 Å². The van der Waals surface area contributed by atoms with E-state index in [0.29, 0.717) is 129 Å². The molecule has 2 fully saturated rings. The monoisotopic (exact) mass is 1470 g/mol. The maximum Gasteiger partial charge on any atom is 0.334 e. The van der Waals surface area contributed by atoms with Crippen molar-refractivity contribution in [3.8, 4) is 17.6 Å². The summed E-state index contributed by atoms with van der Waals surface area (Å²) in [5.41, 5.74) is 1.44. The van der Waals surface area contributed by atoms with Gasteiger partial charge in [0.1, 0.15) is 46.3 Å². The number of nitriles is 1. The quantitative estimate of drug-likeness (QED) is 0.00977. The van der Waals surface area contributed by atoms with Gasteiger partial charge in [-0.3, -0.25) is 18.7 Å². The maximum absolute atomic E-state index is 13.8. The molecule has 4 aliphatic rings. The van der Waals surface area contributed by atoms with Crippen molar-refractivity contribution in [2.24, 2.45) is 20.5 Å². The summed E-state index contributed by atoms with van der Waals surface area (Å²) in [7, 11) is -6.39. The van der Waals surface area contributed by atoms with Crippen LogP contribution in [0, 0.1) is 17.9 Å². The number of amides is 4. The molecule has 0 unspecified atom stereocenters. The lowest BCUT2D eigenvalue weighted by Gasteiger charge is -2.27. The first-order valence-corrected chi connectivity index (χ1v) is 37.5. The normalized spacial score (nSPS) is 15.2. The molecule has 0 aliphatic carbocycles. The third-order valence-electron chi connectivity index (χ3n) is 16.8. The summed E-state index contributed by atoms with van der Waals surface area (Å²) in [5.74, 6) is -1.47. The number of thiazole rings is 2. The van der Waals surface area contributed by atoms with Gasteiger partial charge in [-0.05, 0) is 133 Å². The fraction of sp³-hybridized carbons (Fsp3) is 0.338. The molecule has 0 atom stereocenters. The van der Waals surface area contributed by atoms with Gasteiger partial charge in [-0.1, -0.05) is 47.9 Å². The molecule has 3 aromatic heterocycles. The number of imide groups is 2. The second-order valence-electron chi connectivity index (χ2n) is 22.8. The van der Waals surface area contributed by atoms with Crippen molar-refractivity contribution < 1.29 is 54.6 Å². The Labute approximate surface area is 593 Å². The van der Waals surface area contributed by atoms with Crippen LogP contribution in [0.2, 0.25) is 0 Å². The number of hydrogen-bond acceptors (Lipinski definition) is 29. The molecular weight excluding hydrogens is 1400 g/mol. The Hall–Kier alpha value is -10.3. The highest BCUT2D eigenvalue weighted by molar-refractivity contribution is 7.99. The van der Waals surface area contributed by atoms with E-state index in [-0.39, 0.29) is 67.3 Å². The topological polar surface area (TPSA) is 381 Å². The number of fused-ring (bicyclic) bond motifs is 2. The minimum Gasteiger partial charge on any atom is -0.494 e.